The van der Waals surface area contributed by atoms with Gasteiger partial charge in [0.25, 0.3) is 0 Å². The summed E-state index contributed by atoms with van der Waals surface area (Å²) in [4.78, 5) is 29.5. The van der Waals surface area contributed by atoms with Crippen LogP contribution in [0.4, 0.5) is 29.3 Å². The number of benzodiazepines with no additional fused rings is 1. The van der Waals surface area contributed by atoms with Crippen LogP contribution in [0.3, 0.4) is 0 Å². The molecule has 3 amide bonds. The zero-order chi connectivity index (χ0) is 27.0. The van der Waals surface area contributed by atoms with Crippen molar-refractivity contribution in [3.63, 3.8) is 0 Å². The molecule has 6 nitrogen and oxygen atoms in total. The number of alkyl halides is 3. The van der Waals surface area contributed by atoms with Crippen molar-refractivity contribution in [2.45, 2.75) is 32.5 Å². The molecular formula is C27H26ClF3N4O2. The van der Waals surface area contributed by atoms with Crippen LogP contribution in [0.2, 0.25) is 5.02 Å². The summed E-state index contributed by atoms with van der Waals surface area (Å²) < 4.78 is 36.9. The van der Waals surface area contributed by atoms with Crippen molar-refractivity contribution in [3.8, 4) is 0 Å². The largest absolute Gasteiger partial charge is 0.405 e. The molecule has 1 atom stereocenters. The molecule has 10 heteroatoms. The van der Waals surface area contributed by atoms with Crippen molar-refractivity contribution in [3.05, 3.63) is 94.5 Å². The number of amides is 3. The van der Waals surface area contributed by atoms with Gasteiger partial charge in [0.15, 0.2) is 0 Å². The van der Waals surface area contributed by atoms with E-state index in [0.717, 1.165) is 5.56 Å². The lowest BCUT2D eigenvalue weighted by molar-refractivity contribution is -0.122. The van der Waals surface area contributed by atoms with Crippen LogP contribution in [-0.2, 0) is 11.2 Å². The summed E-state index contributed by atoms with van der Waals surface area (Å²) in [5, 5.41) is 7.49. The number of nitrogens with one attached hydrogen (secondary N) is 3. The molecule has 0 aliphatic carbocycles. The molecule has 0 saturated heterocycles. The van der Waals surface area contributed by atoms with Crippen LogP contribution >= 0.6 is 11.6 Å². The summed E-state index contributed by atoms with van der Waals surface area (Å²) in [6, 6.07) is 19.3. The standard InChI is InChI=1S/C25H20ClF3N4O2.C2H6/c26-17-8-11-20-19(13-17)22(32-21(23(34)33-20)12-15-4-2-1-3-5-15)16-6-9-18(10-7-16)31-24(35)30-14-25(27,28)29;1-2/h1-11,13,21H,12,14H2,(H,33,34)(H2,30,31,35);1-2H3. The predicted molar refractivity (Wildman–Crippen MR) is 141 cm³/mol. The molecule has 1 aliphatic heterocycles. The summed E-state index contributed by atoms with van der Waals surface area (Å²) in [7, 11) is 0. The molecule has 0 aromatic heterocycles. The Balaban J connectivity index is 0.00000186. The number of hydrogen-bond acceptors (Lipinski definition) is 3. The Bertz CT molecular complexity index is 1260. The maximum atomic E-state index is 13.0. The van der Waals surface area contributed by atoms with Gasteiger partial charge in [-0.05, 0) is 35.9 Å². The highest BCUT2D eigenvalue weighted by Crippen LogP contribution is 2.28. The fourth-order valence-electron chi connectivity index (χ4n) is 3.59. The second-order valence-electron chi connectivity index (χ2n) is 7.86. The van der Waals surface area contributed by atoms with E-state index >= 15 is 0 Å². The molecule has 0 radical (unpaired) electrons. The number of carbonyl (C=O) groups excluding carboxylic acids is 2. The van der Waals surface area contributed by atoms with Crippen molar-refractivity contribution < 1.29 is 22.8 Å². The van der Waals surface area contributed by atoms with Crippen LogP contribution < -0.4 is 16.0 Å². The third kappa shape index (κ3) is 7.82. The van der Waals surface area contributed by atoms with E-state index < -0.39 is 24.8 Å². The molecule has 0 saturated carbocycles. The number of fused-ring (bicyclic) bond motifs is 1. The third-order valence-corrected chi connectivity index (χ3v) is 5.45. The molecule has 3 N–H and O–H groups in total. The minimum absolute atomic E-state index is 0.257. The van der Waals surface area contributed by atoms with Gasteiger partial charge < -0.3 is 16.0 Å². The topological polar surface area (TPSA) is 82.6 Å². The van der Waals surface area contributed by atoms with Crippen molar-refractivity contribution in [1.29, 1.82) is 0 Å². The average molecular weight is 531 g/mol. The van der Waals surface area contributed by atoms with Crippen LogP contribution in [0.25, 0.3) is 0 Å². The lowest BCUT2D eigenvalue weighted by Crippen LogP contribution is -2.36. The van der Waals surface area contributed by atoms with Gasteiger partial charge in [-0.3, -0.25) is 9.79 Å². The number of rotatable bonds is 5. The highest BCUT2D eigenvalue weighted by Gasteiger charge is 2.28. The molecule has 3 aromatic carbocycles. The second-order valence-corrected chi connectivity index (χ2v) is 8.30. The molecule has 1 heterocycles. The van der Waals surface area contributed by atoms with Crippen molar-refractivity contribution in [2.75, 3.05) is 17.2 Å². The molecule has 1 aliphatic rings. The summed E-state index contributed by atoms with van der Waals surface area (Å²) in [5.74, 6) is -0.257. The van der Waals surface area contributed by atoms with Crippen molar-refractivity contribution >= 4 is 40.6 Å². The smallest absolute Gasteiger partial charge is 0.329 e. The lowest BCUT2D eigenvalue weighted by Gasteiger charge is -2.13. The first kappa shape index (κ1) is 27.7. The highest BCUT2D eigenvalue weighted by molar-refractivity contribution is 6.32. The van der Waals surface area contributed by atoms with Crippen LogP contribution in [-0.4, -0.2) is 36.4 Å². The first-order valence-corrected chi connectivity index (χ1v) is 12.0. The minimum atomic E-state index is -4.50. The zero-order valence-corrected chi connectivity index (χ0v) is 21.0. The van der Waals surface area contributed by atoms with E-state index in [4.69, 9.17) is 16.6 Å². The van der Waals surface area contributed by atoms with Gasteiger partial charge in [0.1, 0.15) is 12.6 Å². The van der Waals surface area contributed by atoms with Crippen LogP contribution in [0.5, 0.6) is 0 Å². The van der Waals surface area contributed by atoms with E-state index in [1.165, 1.54) is 0 Å². The molecule has 3 aromatic rings. The van der Waals surface area contributed by atoms with E-state index in [2.05, 4.69) is 10.6 Å². The Hall–Kier alpha value is -3.85. The van der Waals surface area contributed by atoms with E-state index in [1.807, 2.05) is 44.2 Å². The second kappa shape index (κ2) is 12.4. The molecule has 0 bridgehead atoms. The van der Waals surface area contributed by atoms with Gasteiger partial charge in [-0.25, -0.2) is 4.79 Å². The normalized spacial score (nSPS) is 14.7. The molecule has 0 spiro atoms. The van der Waals surface area contributed by atoms with E-state index in [-0.39, 0.29) is 5.91 Å². The third-order valence-electron chi connectivity index (χ3n) is 5.22. The monoisotopic (exact) mass is 530 g/mol. The van der Waals surface area contributed by atoms with E-state index in [9.17, 15) is 22.8 Å². The van der Waals surface area contributed by atoms with Gasteiger partial charge >= 0.3 is 12.2 Å². The SMILES string of the molecule is CC.O=C(NCC(F)(F)F)Nc1ccc(C2=NC(Cc3ccccc3)C(=O)Nc3ccc(Cl)cc32)cc1. The zero-order valence-electron chi connectivity index (χ0n) is 20.2. The number of halogens is 4. The molecule has 194 valence electrons. The Morgan fingerprint density at radius 1 is 1.03 bits per heavy atom. The highest BCUT2D eigenvalue weighted by atomic mass is 35.5. The van der Waals surface area contributed by atoms with Crippen LogP contribution in [0.15, 0.2) is 77.8 Å². The first-order chi connectivity index (χ1) is 17.7. The summed E-state index contributed by atoms with van der Waals surface area (Å²) in [5.41, 5.74) is 3.60. The molecule has 0 fully saturated rings. The number of benzene rings is 3. The van der Waals surface area contributed by atoms with Gasteiger partial charge in [-0.15, -0.1) is 0 Å². The Morgan fingerprint density at radius 2 is 1.70 bits per heavy atom. The fraction of sp³-hybridized carbons (Fsp3) is 0.222. The van der Waals surface area contributed by atoms with Crippen molar-refractivity contribution in [1.82, 2.24) is 5.32 Å². The Morgan fingerprint density at radius 3 is 2.35 bits per heavy atom. The summed E-state index contributed by atoms with van der Waals surface area (Å²) in [6.07, 6.45) is -4.12. The quantitative estimate of drug-likeness (QED) is 0.354. The van der Waals surface area contributed by atoms with Gasteiger partial charge in [0.05, 0.1) is 11.4 Å². The molecular weight excluding hydrogens is 505 g/mol. The van der Waals surface area contributed by atoms with Crippen LogP contribution in [0, 0.1) is 0 Å². The number of hydrogen-bond donors (Lipinski definition) is 3. The maximum absolute atomic E-state index is 13.0. The van der Waals surface area contributed by atoms with E-state index in [0.29, 0.717) is 39.7 Å². The fourth-order valence-corrected chi connectivity index (χ4v) is 3.77. The van der Waals surface area contributed by atoms with Gasteiger partial charge in [0.2, 0.25) is 5.91 Å². The minimum Gasteiger partial charge on any atom is -0.329 e. The number of carbonyl (C=O) groups is 2. The number of aliphatic imine (C=N–C) groups is 1. The summed E-state index contributed by atoms with van der Waals surface area (Å²) in [6.45, 7) is 2.56. The number of nitrogens with zero attached hydrogens (tertiary/aromatic N) is 1. The van der Waals surface area contributed by atoms with E-state index in [1.54, 1.807) is 47.8 Å². The van der Waals surface area contributed by atoms with Gasteiger partial charge in [0, 0.05) is 28.3 Å². The molecule has 37 heavy (non-hydrogen) atoms. The van der Waals surface area contributed by atoms with Crippen LogP contribution in [0.1, 0.15) is 30.5 Å². The van der Waals surface area contributed by atoms with Gasteiger partial charge in [-0.1, -0.05) is 67.9 Å². The lowest BCUT2D eigenvalue weighted by atomic mass is 10.00. The van der Waals surface area contributed by atoms with Gasteiger partial charge in [-0.2, -0.15) is 13.2 Å². The summed E-state index contributed by atoms with van der Waals surface area (Å²) >= 11 is 6.23. The Kier molecular flexibility index (Phi) is 9.30. The number of anilines is 2. The first-order valence-electron chi connectivity index (χ1n) is 11.6. The van der Waals surface area contributed by atoms with Crippen molar-refractivity contribution in [2.24, 2.45) is 4.99 Å². The maximum Gasteiger partial charge on any atom is 0.405 e. The predicted octanol–water partition coefficient (Wildman–Crippen LogP) is 6.45. The average Bonchev–Trinajstić information content (AvgIpc) is 3.01. The number of urea groups is 1. The Labute approximate surface area is 217 Å². The molecule has 1 unspecified atom stereocenters. The molecule has 4 rings (SSSR count).